The summed E-state index contributed by atoms with van der Waals surface area (Å²) in [5.41, 5.74) is 7.10. The molecule has 3 aromatic rings. The van der Waals surface area contributed by atoms with Crippen molar-refractivity contribution in [3.8, 4) is 0 Å². The summed E-state index contributed by atoms with van der Waals surface area (Å²) in [6.45, 7) is 2.68. The van der Waals surface area contributed by atoms with Gasteiger partial charge in [-0.3, -0.25) is 0 Å². The van der Waals surface area contributed by atoms with Gasteiger partial charge in [-0.15, -0.1) is 0 Å². The molecular formula is C19H22N6. The van der Waals surface area contributed by atoms with Crippen LogP contribution in [0.15, 0.2) is 55.0 Å². The van der Waals surface area contributed by atoms with E-state index in [0.717, 1.165) is 38.3 Å². The highest BCUT2D eigenvalue weighted by Crippen LogP contribution is 2.28. The van der Waals surface area contributed by atoms with Gasteiger partial charge in [-0.25, -0.2) is 9.97 Å². The first kappa shape index (κ1) is 15.6. The molecule has 1 aliphatic rings. The second-order valence-electron chi connectivity index (χ2n) is 6.47. The van der Waals surface area contributed by atoms with Gasteiger partial charge in [0.1, 0.15) is 11.6 Å². The molecule has 1 atom stereocenters. The summed E-state index contributed by atoms with van der Waals surface area (Å²) in [6.07, 6.45) is 7.91. The number of hydrogen-bond acceptors (Lipinski definition) is 5. The molecule has 25 heavy (non-hydrogen) atoms. The smallest absolute Gasteiger partial charge is 0.227 e. The first-order valence-electron chi connectivity index (χ1n) is 8.68. The lowest BCUT2D eigenvalue weighted by Crippen LogP contribution is -2.36. The molecule has 0 spiro atoms. The molecule has 0 radical (unpaired) electrons. The maximum Gasteiger partial charge on any atom is 0.227 e. The lowest BCUT2D eigenvalue weighted by Gasteiger charge is -2.32. The Bertz CT molecular complexity index is 829. The highest BCUT2D eigenvalue weighted by atomic mass is 15.3. The Balaban J connectivity index is 1.53. The van der Waals surface area contributed by atoms with Gasteiger partial charge in [-0.2, -0.15) is 4.98 Å². The van der Waals surface area contributed by atoms with E-state index in [1.807, 2.05) is 12.3 Å². The third-order valence-electron chi connectivity index (χ3n) is 4.68. The average molecular weight is 334 g/mol. The van der Waals surface area contributed by atoms with Gasteiger partial charge in [0.25, 0.3) is 0 Å². The summed E-state index contributed by atoms with van der Waals surface area (Å²) >= 11 is 0. The standard InChI is InChI=1S/C19H22N6/c20-17-8-9-22-19(23-17)25-11-4-7-16(14-25)18-21-10-12-24(18)13-15-5-2-1-3-6-15/h1-3,5-6,8-10,12,16H,4,7,11,13-14H2,(H2,20,22,23). The first-order chi connectivity index (χ1) is 12.3. The molecule has 1 aliphatic heterocycles. The van der Waals surface area contributed by atoms with Crippen LogP contribution in [-0.4, -0.2) is 32.6 Å². The Labute approximate surface area is 147 Å². The SMILES string of the molecule is Nc1ccnc(N2CCCC(c3nccn3Cc3ccccc3)C2)n1. The van der Waals surface area contributed by atoms with Gasteiger partial charge >= 0.3 is 0 Å². The van der Waals surface area contributed by atoms with Crippen LogP contribution in [0.5, 0.6) is 0 Å². The van der Waals surface area contributed by atoms with Gasteiger partial charge in [0.2, 0.25) is 5.95 Å². The van der Waals surface area contributed by atoms with E-state index in [1.54, 1.807) is 12.3 Å². The van der Waals surface area contributed by atoms with Crippen molar-refractivity contribution in [2.75, 3.05) is 23.7 Å². The van der Waals surface area contributed by atoms with Gasteiger partial charge in [0, 0.05) is 44.1 Å². The van der Waals surface area contributed by atoms with Crippen LogP contribution in [0.2, 0.25) is 0 Å². The molecule has 0 saturated carbocycles. The number of aromatic nitrogens is 4. The molecule has 1 fully saturated rings. The number of hydrogen-bond donors (Lipinski definition) is 1. The number of rotatable bonds is 4. The van der Waals surface area contributed by atoms with Crippen LogP contribution >= 0.6 is 0 Å². The van der Waals surface area contributed by atoms with Crippen LogP contribution in [0, 0.1) is 0 Å². The van der Waals surface area contributed by atoms with E-state index in [0.29, 0.717) is 17.7 Å². The van der Waals surface area contributed by atoms with E-state index in [4.69, 9.17) is 5.73 Å². The van der Waals surface area contributed by atoms with Crippen molar-refractivity contribution in [3.63, 3.8) is 0 Å². The van der Waals surface area contributed by atoms with E-state index in [-0.39, 0.29) is 0 Å². The number of nitrogens with zero attached hydrogens (tertiary/aromatic N) is 5. The molecule has 1 aromatic carbocycles. The van der Waals surface area contributed by atoms with E-state index in [2.05, 4.69) is 54.9 Å². The molecule has 6 heteroatoms. The fraction of sp³-hybridized carbons (Fsp3) is 0.316. The third kappa shape index (κ3) is 3.47. The maximum absolute atomic E-state index is 5.81. The molecule has 1 saturated heterocycles. The summed E-state index contributed by atoms with van der Waals surface area (Å²) in [5.74, 6) is 2.73. The van der Waals surface area contributed by atoms with Crippen LogP contribution in [-0.2, 0) is 6.54 Å². The van der Waals surface area contributed by atoms with Gasteiger partial charge in [-0.1, -0.05) is 30.3 Å². The molecular weight excluding hydrogens is 312 g/mol. The van der Waals surface area contributed by atoms with Crippen molar-refractivity contribution < 1.29 is 0 Å². The zero-order valence-electron chi connectivity index (χ0n) is 14.1. The van der Waals surface area contributed by atoms with Crippen LogP contribution in [0.3, 0.4) is 0 Å². The number of benzene rings is 1. The number of nitrogen functional groups attached to an aromatic ring is 1. The van der Waals surface area contributed by atoms with Crippen molar-refractivity contribution >= 4 is 11.8 Å². The summed E-state index contributed by atoms with van der Waals surface area (Å²) in [4.78, 5) is 15.6. The molecule has 4 rings (SSSR count). The maximum atomic E-state index is 5.81. The highest BCUT2D eigenvalue weighted by molar-refractivity contribution is 5.38. The van der Waals surface area contributed by atoms with E-state index >= 15 is 0 Å². The molecule has 128 valence electrons. The largest absolute Gasteiger partial charge is 0.384 e. The average Bonchev–Trinajstić information content (AvgIpc) is 3.11. The van der Waals surface area contributed by atoms with Gasteiger partial charge in [0.15, 0.2) is 0 Å². The lowest BCUT2D eigenvalue weighted by molar-refractivity contribution is 0.471. The van der Waals surface area contributed by atoms with Crippen molar-refractivity contribution in [2.24, 2.45) is 0 Å². The predicted octanol–water partition coefficient (Wildman–Crippen LogP) is 2.69. The minimum Gasteiger partial charge on any atom is -0.384 e. The molecule has 1 unspecified atom stereocenters. The van der Waals surface area contributed by atoms with E-state index in [9.17, 15) is 0 Å². The van der Waals surface area contributed by atoms with Crippen LogP contribution < -0.4 is 10.6 Å². The second-order valence-corrected chi connectivity index (χ2v) is 6.47. The topological polar surface area (TPSA) is 72.9 Å². The Morgan fingerprint density at radius 2 is 1.96 bits per heavy atom. The van der Waals surface area contributed by atoms with Crippen LogP contribution in [0.25, 0.3) is 0 Å². The minimum atomic E-state index is 0.373. The molecule has 2 aromatic heterocycles. The van der Waals surface area contributed by atoms with Crippen molar-refractivity contribution in [1.29, 1.82) is 0 Å². The van der Waals surface area contributed by atoms with Gasteiger partial charge in [0.05, 0.1) is 0 Å². The highest BCUT2D eigenvalue weighted by Gasteiger charge is 2.26. The fourth-order valence-electron chi connectivity index (χ4n) is 3.48. The molecule has 3 heterocycles. The molecule has 2 N–H and O–H groups in total. The number of nitrogens with two attached hydrogens (primary N) is 1. The summed E-state index contributed by atoms with van der Waals surface area (Å²) in [7, 11) is 0. The van der Waals surface area contributed by atoms with Crippen molar-refractivity contribution in [1.82, 2.24) is 19.5 Å². The predicted molar refractivity (Wildman–Crippen MR) is 98.4 cm³/mol. The normalized spacial score (nSPS) is 17.6. The molecule has 0 amide bonds. The number of piperidine rings is 1. The second kappa shape index (κ2) is 6.93. The number of anilines is 2. The van der Waals surface area contributed by atoms with E-state index in [1.165, 1.54) is 5.56 Å². The minimum absolute atomic E-state index is 0.373. The molecule has 6 nitrogen and oxygen atoms in total. The van der Waals surface area contributed by atoms with Crippen molar-refractivity contribution in [3.05, 3.63) is 66.4 Å². The third-order valence-corrected chi connectivity index (χ3v) is 4.68. The van der Waals surface area contributed by atoms with Crippen molar-refractivity contribution in [2.45, 2.75) is 25.3 Å². The Kier molecular flexibility index (Phi) is 4.33. The zero-order valence-corrected chi connectivity index (χ0v) is 14.1. The summed E-state index contributed by atoms with van der Waals surface area (Å²) in [6, 6.07) is 12.2. The number of imidazole rings is 1. The fourth-order valence-corrected chi connectivity index (χ4v) is 3.48. The summed E-state index contributed by atoms with van der Waals surface area (Å²) in [5, 5.41) is 0. The Hall–Kier alpha value is -2.89. The van der Waals surface area contributed by atoms with E-state index < -0.39 is 0 Å². The molecule has 0 bridgehead atoms. The molecule has 0 aliphatic carbocycles. The summed E-state index contributed by atoms with van der Waals surface area (Å²) < 4.78 is 2.25. The van der Waals surface area contributed by atoms with Gasteiger partial charge < -0.3 is 15.2 Å². The van der Waals surface area contributed by atoms with Crippen LogP contribution in [0.1, 0.15) is 30.1 Å². The monoisotopic (exact) mass is 334 g/mol. The zero-order chi connectivity index (χ0) is 17.1. The Morgan fingerprint density at radius 1 is 1.08 bits per heavy atom. The lowest BCUT2D eigenvalue weighted by atomic mass is 9.97. The Morgan fingerprint density at radius 3 is 2.80 bits per heavy atom. The van der Waals surface area contributed by atoms with Crippen LogP contribution in [0.4, 0.5) is 11.8 Å². The quantitative estimate of drug-likeness (QED) is 0.794. The first-order valence-corrected chi connectivity index (χ1v) is 8.68. The van der Waals surface area contributed by atoms with Gasteiger partial charge in [-0.05, 0) is 24.5 Å².